The van der Waals surface area contributed by atoms with Gasteiger partial charge < -0.3 is 10.6 Å². The molecule has 0 radical (unpaired) electrons. The van der Waals surface area contributed by atoms with E-state index in [2.05, 4.69) is 4.98 Å². The summed E-state index contributed by atoms with van der Waals surface area (Å²) in [5.74, 6) is -0.214. The van der Waals surface area contributed by atoms with Crippen LogP contribution in [0.4, 0.5) is 0 Å². The summed E-state index contributed by atoms with van der Waals surface area (Å²) in [6.07, 6.45) is 4.50. The molecule has 0 unspecified atom stereocenters. The van der Waals surface area contributed by atoms with Gasteiger partial charge in [0.05, 0.1) is 12.5 Å². The Balaban J connectivity index is 1.71. The van der Waals surface area contributed by atoms with Crippen LogP contribution in [0.25, 0.3) is 16.8 Å². The Bertz CT molecular complexity index is 1270. The second-order valence-electron chi connectivity index (χ2n) is 7.37. The Morgan fingerprint density at radius 1 is 1.13 bits per heavy atom. The maximum Gasteiger partial charge on any atom is 0.272 e. The Morgan fingerprint density at radius 3 is 2.45 bits per heavy atom. The predicted octanol–water partition coefficient (Wildman–Crippen LogP) is 2.48. The number of amides is 1. The van der Waals surface area contributed by atoms with E-state index in [0.29, 0.717) is 34.5 Å². The van der Waals surface area contributed by atoms with Gasteiger partial charge in [-0.15, -0.1) is 0 Å². The van der Waals surface area contributed by atoms with Gasteiger partial charge in [0, 0.05) is 60.1 Å². The molecule has 0 atom stereocenters. The van der Waals surface area contributed by atoms with Crippen molar-refractivity contribution >= 4 is 44.8 Å². The number of nitrogens with two attached hydrogens (primary N) is 1. The molecule has 2 N–H and O–H groups in total. The third kappa shape index (κ3) is 4.28. The third-order valence-corrected chi connectivity index (χ3v) is 7.24. The molecule has 8 nitrogen and oxygen atoms in total. The molecular weight excluding hydrogens is 461 g/mol. The number of carbonyl (C=O) groups excluding carboxylic acids is 1. The molecular formula is C20H21Cl2N5O3S. The van der Waals surface area contributed by atoms with E-state index in [9.17, 15) is 13.2 Å². The van der Waals surface area contributed by atoms with Gasteiger partial charge in [-0.05, 0) is 23.8 Å². The van der Waals surface area contributed by atoms with Crippen molar-refractivity contribution in [3.05, 3.63) is 58.0 Å². The first kappa shape index (κ1) is 22.0. The molecule has 1 aliphatic heterocycles. The first-order valence-electron chi connectivity index (χ1n) is 9.59. The lowest BCUT2D eigenvalue weighted by Gasteiger charge is -2.33. The summed E-state index contributed by atoms with van der Waals surface area (Å²) in [5, 5.41) is 1.00. The number of piperazine rings is 1. The zero-order chi connectivity index (χ0) is 22.3. The van der Waals surface area contributed by atoms with E-state index in [0.717, 1.165) is 16.7 Å². The molecule has 1 aromatic carbocycles. The minimum Gasteiger partial charge on any atom is -0.335 e. The summed E-state index contributed by atoms with van der Waals surface area (Å²) in [6, 6.07) is 7.05. The van der Waals surface area contributed by atoms with Crippen LogP contribution in [0.5, 0.6) is 0 Å². The molecule has 0 saturated carbocycles. The number of hydrogen-bond donors (Lipinski definition) is 1. The number of fused-ring (bicyclic) bond motifs is 1. The topological polar surface area (TPSA) is 101 Å². The second kappa shape index (κ2) is 8.40. The molecule has 0 bridgehead atoms. The highest BCUT2D eigenvalue weighted by Gasteiger charge is 2.28. The van der Waals surface area contributed by atoms with Gasteiger partial charge in [0.25, 0.3) is 5.91 Å². The standard InChI is InChI=1S/C20H21Cl2N5O3S/c1-31(29,30)26-6-4-25(5-7-26)20(28)18-11-24-19-8-13(10-23)16(12-27(18)19)15-3-2-14(21)9-17(15)22/h2-3,8-9,11-12H,4-7,10,23H2,1H3. The van der Waals surface area contributed by atoms with E-state index in [1.165, 1.54) is 16.8 Å². The number of pyridine rings is 1. The van der Waals surface area contributed by atoms with Crippen LogP contribution in [0.1, 0.15) is 16.1 Å². The van der Waals surface area contributed by atoms with E-state index in [1.54, 1.807) is 27.6 Å². The second-order valence-corrected chi connectivity index (χ2v) is 10.2. The largest absolute Gasteiger partial charge is 0.335 e. The molecule has 4 rings (SSSR count). The van der Waals surface area contributed by atoms with Gasteiger partial charge in [0.2, 0.25) is 10.0 Å². The van der Waals surface area contributed by atoms with Gasteiger partial charge in [-0.2, -0.15) is 4.31 Å². The molecule has 164 valence electrons. The monoisotopic (exact) mass is 481 g/mol. The van der Waals surface area contributed by atoms with Crippen LogP contribution in [-0.2, 0) is 16.6 Å². The SMILES string of the molecule is CS(=O)(=O)N1CCN(C(=O)c2cnc3cc(CN)c(-c4ccc(Cl)cc4Cl)cn23)CC1. The fourth-order valence-electron chi connectivity index (χ4n) is 3.73. The van der Waals surface area contributed by atoms with Crippen LogP contribution in [0.15, 0.2) is 36.7 Å². The van der Waals surface area contributed by atoms with Gasteiger partial charge in [0.1, 0.15) is 11.3 Å². The average Bonchev–Trinajstić information content (AvgIpc) is 3.14. The average molecular weight is 482 g/mol. The maximum atomic E-state index is 13.2. The van der Waals surface area contributed by atoms with Crippen LogP contribution in [0.3, 0.4) is 0 Å². The molecule has 3 heterocycles. The number of imidazole rings is 1. The number of sulfonamides is 1. The van der Waals surface area contributed by atoms with Crippen molar-refractivity contribution in [3.8, 4) is 11.1 Å². The Kier molecular flexibility index (Phi) is 5.97. The predicted molar refractivity (Wildman–Crippen MR) is 121 cm³/mol. The van der Waals surface area contributed by atoms with E-state index in [-0.39, 0.29) is 25.5 Å². The Hall–Kier alpha value is -2.17. The van der Waals surface area contributed by atoms with Crippen molar-refractivity contribution in [1.82, 2.24) is 18.6 Å². The van der Waals surface area contributed by atoms with E-state index >= 15 is 0 Å². The van der Waals surface area contributed by atoms with Crippen molar-refractivity contribution < 1.29 is 13.2 Å². The molecule has 2 aromatic heterocycles. The third-order valence-electron chi connectivity index (χ3n) is 5.39. The normalized spacial score (nSPS) is 15.5. The fraction of sp³-hybridized carbons (Fsp3) is 0.300. The van der Waals surface area contributed by atoms with Crippen LogP contribution < -0.4 is 5.73 Å². The zero-order valence-electron chi connectivity index (χ0n) is 16.8. The highest BCUT2D eigenvalue weighted by Crippen LogP contribution is 2.33. The van der Waals surface area contributed by atoms with E-state index < -0.39 is 10.0 Å². The van der Waals surface area contributed by atoms with Gasteiger partial charge in [-0.3, -0.25) is 9.20 Å². The molecule has 0 spiro atoms. The number of rotatable bonds is 4. The van der Waals surface area contributed by atoms with Crippen molar-refractivity contribution in [2.75, 3.05) is 32.4 Å². The van der Waals surface area contributed by atoms with Crippen LogP contribution in [0.2, 0.25) is 10.0 Å². The first-order chi connectivity index (χ1) is 14.7. The smallest absolute Gasteiger partial charge is 0.272 e. The maximum absolute atomic E-state index is 13.2. The Labute approximate surface area is 190 Å². The number of halogens is 2. The molecule has 3 aromatic rings. The van der Waals surface area contributed by atoms with Gasteiger partial charge in [-0.25, -0.2) is 13.4 Å². The molecule has 1 amide bonds. The van der Waals surface area contributed by atoms with Crippen LogP contribution >= 0.6 is 23.2 Å². The van der Waals surface area contributed by atoms with E-state index in [1.807, 2.05) is 12.1 Å². The lowest BCUT2D eigenvalue weighted by Crippen LogP contribution is -2.50. The minimum atomic E-state index is -3.27. The number of hydrogen-bond acceptors (Lipinski definition) is 5. The molecule has 0 aliphatic carbocycles. The van der Waals surface area contributed by atoms with Crippen molar-refractivity contribution in [3.63, 3.8) is 0 Å². The summed E-state index contributed by atoms with van der Waals surface area (Å²) in [6.45, 7) is 1.44. The van der Waals surface area contributed by atoms with Crippen molar-refractivity contribution in [2.45, 2.75) is 6.54 Å². The molecule has 31 heavy (non-hydrogen) atoms. The highest BCUT2D eigenvalue weighted by atomic mass is 35.5. The number of carbonyl (C=O) groups is 1. The summed E-state index contributed by atoms with van der Waals surface area (Å²) in [4.78, 5) is 19.2. The van der Waals surface area contributed by atoms with Crippen LogP contribution in [0, 0.1) is 0 Å². The molecule has 1 aliphatic rings. The summed E-state index contributed by atoms with van der Waals surface area (Å²) < 4.78 is 26.5. The number of aromatic nitrogens is 2. The lowest BCUT2D eigenvalue weighted by molar-refractivity contribution is 0.0691. The quantitative estimate of drug-likeness (QED) is 0.616. The highest BCUT2D eigenvalue weighted by molar-refractivity contribution is 7.88. The summed E-state index contributed by atoms with van der Waals surface area (Å²) in [7, 11) is -3.27. The first-order valence-corrected chi connectivity index (χ1v) is 12.2. The molecule has 1 fully saturated rings. The van der Waals surface area contributed by atoms with Crippen LogP contribution in [-0.4, -0.2) is 65.3 Å². The van der Waals surface area contributed by atoms with E-state index in [4.69, 9.17) is 28.9 Å². The van der Waals surface area contributed by atoms with Gasteiger partial charge >= 0.3 is 0 Å². The fourth-order valence-corrected chi connectivity index (χ4v) is 5.06. The van der Waals surface area contributed by atoms with Crippen molar-refractivity contribution in [1.29, 1.82) is 0 Å². The molecule has 11 heteroatoms. The molecule has 1 saturated heterocycles. The van der Waals surface area contributed by atoms with Gasteiger partial charge in [-0.1, -0.05) is 29.3 Å². The lowest BCUT2D eigenvalue weighted by atomic mass is 10.0. The number of benzene rings is 1. The summed E-state index contributed by atoms with van der Waals surface area (Å²) in [5.41, 5.74) is 9.30. The number of nitrogens with zero attached hydrogens (tertiary/aromatic N) is 4. The van der Waals surface area contributed by atoms with Gasteiger partial charge in [0.15, 0.2) is 0 Å². The summed E-state index contributed by atoms with van der Waals surface area (Å²) >= 11 is 12.4. The zero-order valence-corrected chi connectivity index (χ0v) is 19.1. The minimum absolute atomic E-state index is 0.214. The van der Waals surface area contributed by atoms with Crippen molar-refractivity contribution in [2.24, 2.45) is 5.73 Å². The Morgan fingerprint density at radius 2 is 1.84 bits per heavy atom.